The molecule has 0 aliphatic rings. The predicted octanol–water partition coefficient (Wildman–Crippen LogP) is 3.10. The molecule has 3 rings (SSSR count). The first-order chi connectivity index (χ1) is 12.5. The highest BCUT2D eigenvalue weighted by atomic mass is 32.2. The minimum absolute atomic E-state index is 0.00189. The van der Waals surface area contributed by atoms with Crippen LogP contribution in [0.15, 0.2) is 58.8 Å². The van der Waals surface area contributed by atoms with Gasteiger partial charge in [0.25, 0.3) is 11.6 Å². The number of nitro benzene ring substituents is 1. The Morgan fingerprint density at radius 2 is 2.04 bits per heavy atom. The van der Waals surface area contributed by atoms with Gasteiger partial charge in [-0.2, -0.15) is 5.10 Å². The lowest BCUT2D eigenvalue weighted by atomic mass is 10.2. The Morgan fingerprint density at radius 3 is 2.73 bits per heavy atom. The zero-order chi connectivity index (χ0) is 18.5. The van der Waals surface area contributed by atoms with Gasteiger partial charge in [-0.15, -0.1) is 0 Å². The van der Waals surface area contributed by atoms with Crippen molar-refractivity contribution in [3.05, 3.63) is 64.2 Å². The Balaban J connectivity index is 1.55. The van der Waals surface area contributed by atoms with Crippen molar-refractivity contribution in [2.45, 2.75) is 17.3 Å². The van der Waals surface area contributed by atoms with Gasteiger partial charge in [0.2, 0.25) is 0 Å². The lowest BCUT2D eigenvalue weighted by Gasteiger charge is -2.06. The third-order valence-corrected chi connectivity index (χ3v) is 4.50. The van der Waals surface area contributed by atoms with Crippen molar-refractivity contribution >= 4 is 40.6 Å². The number of nitrogens with one attached hydrogen (secondary N) is 2. The van der Waals surface area contributed by atoms with E-state index in [9.17, 15) is 14.9 Å². The molecule has 0 saturated heterocycles. The fourth-order valence-electron chi connectivity index (χ4n) is 2.15. The molecule has 1 atom stereocenters. The van der Waals surface area contributed by atoms with Gasteiger partial charge in [0, 0.05) is 12.1 Å². The summed E-state index contributed by atoms with van der Waals surface area (Å²) in [6.45, 7) is 1.76. The quantitative estimate of drug-likeness (QED) is 0.300. The molecule has 2 aromatic carbocycles. The second-order valence-corrected chi connectivity index (χ2v) is 6.73. The third-order valence-electron chi connectivity index (χ3n) is 3.52. The van der Waals surface area contributed by atoms with Gasteiger partial charge in [-0.25, -0.2) is 10.4 Å². The van der Waals surface area contributed by atoms with Gasteiger partial charge < -0.3 is 4.98 Å². The van der Waals surface area contributed by atoms with Gasteiger partial charge in [0.05, 0.1) is 27.4 Å². The van der Waals surface area contributed by atoms with Gasteiger partial charge in [-0.1, -0.05) is 23.9 Å². The van der Waals surface area contributed by atoms with E-state index >= 15 is 0 Å². The van der Waals surface area contributed by atoms with Crippen LogP contribution in [0.5, 0.6) is 0 Å². The first-order valence-corrected chi connectivity index (χ1v) is 8.59. The number of rotatable bonds is 6. The highest BCUT2D eigenvalue weighted by Crippen LogP contribution is 2.23. The summed E-state index contributed by atoms with van der Waals surface area (Å²) < 4.78 is 0. The number of fused-ring (bicyclic) bond motifs is 1. The van der Waals surface area contributed by atoms with Crippen LogP contribution < -0.4 is 5.43 Å². The van der Waals surface area contributed by atoms with Crippen LogP contribution in [0, 0.1) is 10.1 Å². The number of carbonyl (C=O) groups excluding carboxylic acids is 1. The molecule has 1 amide bonds. The summed E-state index contributed by atoms with van der Waals surface area (Å²) in [6, 6.07) is 13.5. The van der Waals surface area contributed by atoms with E-state index in [1.807, 2.05) is 24.3 Å². The first kappa shape index (κ1) is 17.6. The number of H-pyrrole nitrogens is 1. The molecule has 0 saturated carbocycles. The number of carbonyl (C=O) groups is 1. The van der Waals surface area contributed by atoms with E-state index in [0.29, 0.717) is 10.7 Å². The molecule has 8 nitrogen and oxygen atoms in total. The molecular weight excluding hydrogens is 354 g/mol. The number of amides is 1. The van der Waals surface area contributed by atoms with Crippen LogP contribution in [0.1, 0.15) is 12.5 Å². The topological polar surface area (TPSA) is 113 Å². The Hall–Kier alpha value is -3.20. The van der Waals surface area contributed by atoms with E-state index in [-0.39, 0.29) is 11.6 Å². The summed E-state index contributed by atoms with van der Waals surface area (Å²) in [6.07, 6.45) is 1.43. The molecule has 1 unspecified atom stereocenters. The Morgan fingerprint density at radius 1 is 1.31 bits per heavy atom. The number of non-ortho nitro benzene ring substituents is 1. The Kier molecular flexibility index (Phi) is 5.28. The highest BCUT2D eigenvalue weighted by molar-refractivity contribution is 8.00. The number of hydrogen-bond donors (Lipinski definition) is 2. The number of benzene rings is 2. The van der Waals surface area contributed by atoms with E-state index in [1.165, 1.54) is 30.1 Å². The molecule has 132 valence electrons. The van der Waals surface area contributed by atoms with E-state index in [0.717, 1.165) is 11.0 Å². The SMILES string of the molecule is CC(Sc1nc2ccccc2[nH]1)C(=O)NN=Cc1ccc([N+](=O)[O-])cc1. The summed E-state index contributed by atoms with van der Waals surface area (Å²) in [5, 5.41) is 14.7. The van der Waals surface area contributed by atoms with Crippen LogP contribution >= 0.6 is 11.8 Å². The second kappa shape index (κ2) is 7.79. The number of para-hydroxylation sites is 2. The summed E-state index contributed by atoms with van der Waals surface area (Å²) in [4.78, 5) is 29.8. The maximum Gasteiger partial charge on any atom is 0.269 e. The fourth-order valence-corrected chi connectivity index (χ4v) is 2.96. The lowest BCUT2D eigenvalue weighted by Crippen LogP contribution is -2.26. The zero-order valence-corrected chi connectivity index (χ0v) is 14.6. The first-order valence-electron chi connectivity index (χ1n) is 7.72. The van der Waals surface area contributed by atoms with Crippen LogP contribution in [0.3, 0.4) is 0 Å². The van der Waals surface area contributed by atoms with E-state index in [4.69, 9.17) is 0 Å². The number of hydrazone groups is 1. The molecule has 0 aliphatic carbocycles. The summed E-state index contributed by atoms with van der Waals surface area (Å²) in [5.41, 5.74) is 4.87. The van der Waals surface area contributed by atoms with E-state index < -0.39 is 10.2 Å². The monoisotopic (exact) mass is 369 g/mol. The van der Waals surface area contributed by atoms with Crippen molar-refractivity contribution in [2.24, 2.45) is 5.10 Å². The number of aromatic amines is 1. The molecule has 1 aromatic heterocycles. The minimum Gasteiger partial charge on any atom is -0.333 e. The number of imidazole rings is 1. The number of nitrogens with zero attached hydrogens (tertiary/aromatic N) is 3. The largest absolute Gasteiger partial charge is 0.333 e. The molecular formula is C17H15N5O3S. The number of nitro groups is 1. The van der Waals surface area contributed by atoms with Crippen molar-refractivity contribution in [3.8, 4) is 0 Å². The fraction of sp³-hybridized carbons (Fsp3) is 0.118. The van der Waals surface area contributed by atoms with Gasteiger partial charge >= 0.3 is 0 Å². The smallest absolute Gasteiger partial charge is 0.269 e. The molecule has 0 aliphatic heterocycles. The minimum atomic E-state index is -0.473. The maximum atomic E-state index is 12.1. The van der Waals surface area contributed by atoms with Crippen LogP contribution in [0.2, 0.25) is 0 Å². The molecule has 9 heteroatoms. The normalized spacial score (nSPS) is 12.3. The lowest BCUT2D eigenvalue weighted by molar-refractivity contribution is -0.384. The highest BCUT2D eigenvalue weighted by Gasteiger charge is 2.16. The molecule has 2 N–H and O–H groups in total. The standard InChI is InChI=1S/C17H15N5O3S/c1-11(26-17-19-14-4-2-3-5-15(14)20-17)16(23)21-18-10-12-6-8-13(9-7-12)22(24)25/h2-11H,1H3,(H,19,20)(H,21,23). The van der Waals surface area contributed by atoms with Crippen molar-refractivity contribution < 1.29 is 9.72 Å². The number of hydrogen-bond acceptors (Lipinski definition) is 6. The van der Waals surface area contributed by atoms with E-state index in [2.05, 4.69) is 20.5 Å². The average molecular weight is 369 g/mol. The van der Waals surface area contributed by atoms with Crippen LogP contribution in [-0.2, 0) is 4.79 Å². The average Bonchev–Trinajstić information content (AvgIpc) is 3.04. The molecule has 3 aromatic rings. The second-order valence-electron chi connectivity index (χ2n) is 5.40. The van der Waals surface area contributed by atoms with Crippen LogP contribution in [-0.4, -0.2) is 32.3 Å². The van der Waals surface area contributed by atoms with E-state index in [1.54, 1.807) is 19.1 Å². The van der Waals surface area contributed by atoms with Crippen LogP contribution in [0.25, 0.3) is 11.0 Å². The van der Waals surface area contributed by atoms with Crippen LogP contribution in [0.4, 0.5) is 5.69 Å². The molecule has 0 fully saturated rings. The van der Waals surface area contributed by atoms with Gasteiger partial charge in [0.15, 0.2) is 5.16 Å². The molecule has 0 bridgehead atoms. The number of aromatic nitrogens is 2. The Bertz CT molecular complexity index is 935. The van der Waals surface area contributed by atoms with Crippen molar-refractivity contribution in [2.75, 3.05) is 0 Å². The molecule has 0 spiro atoms. The van der Waals surface area contributed by atoms with Gasteiger partial charge in [0.1, 0.15) is 0 Å². The summed E-state index contributed by atoms with van der Waals surface area (Å²) >= 11 is 1.30. The van der Waals surface area contributed by atoms with Crippen molar-refractivity contribution in [3.63, 3.8) is 0 Å². The molecule has 1 heterocycles. The van der Waals surface area contributed by atoms with Crippen molar-refractivity contribution in [1.82, 2.24) is 15.4 Å². The molecule has 0 radical (unpaired) electrons. The summed E-state index contributed by atoms with van der Waals surface area (Å²) in [5.74, 6) is -0.270. The Labute approximate surface area is 152 Å². The predicted molar refractivity (Wildman–Crippen MR) is 100 cm³/mol. The van der Waals surface area contributed by atoms with Gasteiger partial charge in [-0.05, 0) is 36.8 Å². The zero-order valence-electron chi connectivity index (χ0n) is 13.7. The van der Waals surface area contributed by atoms with Crippen molar-refractivity contribution in [1.29, 1.82) is 0 Å². The third kappa shape index (κ3) is 4.25. The summed E-state index contributed by atoms with van der Waals surface area (Å²) in [7, 11) is 0. The van der Waals surface area contributed by atoms with Gasteiger partial charge in [-0.3, -0.25) is 14.9 Å². The maximum absolute atomic E-state index is 12.1. The number of thioether (sulfide) groups is 1. The molecule has 26 heavy (non-hydrogen) atoms.